The zero-order valence-electron chi connectivity index (χ0n) is 13.2. The molecule has 0 atom stereocenters. The van der Waals surface area contributed by atoms with E-state index in [1.807, 2.05) is 6.92 Å². The molecular weight excluding hydrogens is 348 g/mol. The molecule has 0 aliphatic carbocycles. The van der Waals surface area contributed by atoms with Crippen LogP contribution in [0.2, 0.25) is 0 Å². The molecule has 0 amide bonds. The third-order valence-corrected chi connectivity index (χ3v) is 6.02. The summed E-state index contributed by atoms with van der Waals surface area (Å²) in [6.07, 6.45) is 0.764. The summed E-state index contributed by atoms with van der Waals surface area (Å²) in [4.78, 5) is 13.3. The number of amidine groups is 1. The number of carbonyl (C=O) groups excluding carboxylic acids is 1. The fourth-order valence-electron chi connectivity index (χ4n) is 2.37. The van der Waals surface area contributed by atoms with Crippen molar-refractivity contribution in [1.29, 1.82) is 0 Å². The molecule has 0 spiro atoms. The topological polar surface area (TPSA) is 84.8 Å². The van der Waals surface area contributed by atoms with Gasteiger partial charge in [0.05, 0.1) is 12.2 Å². The molecule has 0 radical (unpaired) electrons. The van der Waals surface area contributed by atoms with E-state index in [2.05, 4.69) is 9.71 Å². The third-order valence-electron chi connectivity index (χ3n) is 3.49. The van der Waals surface area contributed by atoms with Crippen molar-refractivity contribution in [3.05, 3.63) is 46.3 Å². The standard InChI is InChI=1S/C16H16N2O4S2/c1-3-10-9-12(16(19)22-4-2)15(23-10)17-14-11-7-5-6-8-13(11)24(20,21)18-14/h5-9H,3-4H2,1-2H3,(H,17,18). The highest BCUT2D eigenvalue weighted by Crippen LogP contribution is 2.32. The third kappa shape index (κ3) is 2.94. The molecule has 0 saturated heterocycles. The Bertz CT molecular complexity index is 929. The van der Waals surface area contributed by atoms with Gasteiger partial charge < -0.3 is 10.1 Å². The van der Waals surface area contributed by atoms with Crippen molar-refractivity contribution in [3.63, 3.8) is 0 Å². The molecule has 24 heavy (non-hydrogen) atoms. The maximum Gasteiger partial charge on any atom is 0.341 e. The molecule has 6 nitrogen and oxygen atoms in total. The summed E-state index contributed by atoms with van der Waals surface area (Å²) >= 11 is 1.39. The molecular formula is C16H16N2O4S2. The predicted octanol–water partition coefficient (Wildman–Crippen LogP) is 3.05. The maximum atomic E-state index is 12.1. The van der Waals surface area contributed by atoms with Crippen LogP contribution in [0, 0.1) is 0 Å². The van der Waals surface area contributed by atoms with Gasteiger partial charge >= 0.3 is 5.97 Å². The monoisotopic (exact) mass is 364 g/mol. The maximum absolute atomic E-state index is 12.1. The Balaban J connectivity index is 2.01. The minimum absolute atomic E-state index is 0.164. The number of ether oxygens (including phenoxy) is 1. The number of anilines is 1. The number of aryl methyl sites for hydroxylation is 1. The number of nitrogens with one attached hydrogen (secondary N) is 1. The molecule has 126 valence electrons. The Morgan fingerprint density at radius 2 is 2.04 bits per heavy atom. The second-order valence-electron chi connectivity index (χ2n) is 5.07. The molecule has 0 bridgehead atoms. The molecule has 1 aliphatic heterocycles. The summed E-state index contributed by atoms with van der Waals surface area (Å²) < 4.78 is 33.1. The van der Waals surface area contributed by atoms with E-state index in [-0.39, 0.29) is 17.3 Å². The highest BCUT2D eigenvalue weighted by Gasteiger charge is 2.29. The van der Waals surface area contributed by atoms with Gasteiger partial charge in [0, 0.05) is 10.4 Å². The quantitative estimate of drug-likeness (QED) is 0.843. The first-order valence-electron chi connectivity index (χ1n) is 7.47. The van der Waals surface area contributed by atoms with E-state index < -0.39 is 16.0 Å². The van der Waals surface area contributed by atoms with Gasteiger partial charge in [-0.1, -0.05) is 19.1 Å². The van der Waals surface area contributed by atoms with Crippen LogP contribution >= 0.6 is 11.3 Å². The van der Waals surface area contributed by atoms with Gasteiger partial charge in [-0.15, -0.1) is 15.7 Å². The number of nitrogens with zero attached hydrogens (tertiary/aromatic N) is 1. The van der Waals surface area contributed by atoms with E-state index in [9.17, 15) is 13.2 Å². The van der Waals surface area contributed by atoms with Crippen molar-refractivity contribution < 1.29 is 17.9 Å². The van der Waals surface area contributed by atoms with E-state index >= 15 is 0 Å². The smallest absolute Gasteiger partial charge is 0.341 e. The van der Waals surface area contributed by atoms with Crippen molar-refractivity contribution in [2.75, 3.05) is 11.9 Å². The number of esters is 1. The van der Waals surface area contributed by atoms with E-state index in [0.29, 0.717) is 16.1 Å². The first-order valence-corrected chi connectivity index (χ1v) is 9.73. The second kappa shape index (κ2) is 6.37. The van der Waals surface area contributed by atoms with Crippen LogP contribution in [-0.4, -0.2) is 26.8 Å². The minimum atomic E-state index is -3.70. The van der Waals surface area contributed by atoms with Crippen molar-refractivity contribution in [1.82, 2.24) is 0 Å². The molecule has 0 saturated carbocycles. The van der Waals surface area contributed by atoms with Crippen molar-refractivity contribution in [2.24, 2.45) is 4.40 Å². The van der Waals surface area contributed by atoms with Gasteiger partial charge in [0.15, 0.2) is 5.84 Å². The fraction of sp³-hybridized carbons (Fsp3) is 0.250. The predicted molar refractivity (Wildman–Crippen MR) is 93.4 cm³/mol. The Morgan fingerprint density at radius 1 is 1.29 bits per heavy atom. The number of carbonyl (C=O) groups is 1. The number of thiophene rings is 1. The average Bonchev–Trinajstić information content (AvgIpc) is 3.08. The van der Waals surface area contributed by atoms with Crippen LogP contribution < -0.4 is 5.32 Å². The molecule has 3 rings (SSSR count). The lowest BCUT2D eigenvalue weighted by atomic mass is 10.2. The Morgan fingerprint density at radius 3 is 2.75 bits per heavy atom. The van der Waals surface area contributed by atoms with Crippen LogP contribution in [-0.2, 0) is 21.2 Å². The van der Waals surface area contributed by atoms with Crippen LogP contribution in [0.4, 0.5) is 5.00 Å². The lowest BCUT2D eigenvalue weighted by Gasteiger charge is -2.07. The van der Waals surface area contributed by atoms with E-state index in [4.69, 9.17) is 4.74 Å². The lowest BCUT2D eigenvalue weighted by molar-refractivity contribution is 0.0528. The molecule has 2 heterocycles. The van der Waals surface area contributed by atoms with E-state index in [1.165, 1.54) is 17.4 Å². The average molecular weight is 364 g/mol. The van der Waals surface area contributed by atoms with E-state index in [0.717, 1.165) is 11.3 Å². The van der Waals surface area contributed by atoms with Crippen molar-refractivity contribution in [2.45, 2.75) is 25.2 Å². The van der Waals surface area contributed by atoms with Crippen LogP contribution in [0.5, 0.6) is 0 Å². The number of hydrogen-bond acceptors (Lipinski definition) is 6. The molecule has 1 aromatic carbocycles. The summed E-state index contributed by atoms with van der Waals surface area (Å²) in [6.45, 7) is 3.99. The van der Waals surface area contributed by atoms with Crippen molar-refractivity contribution in [3.8, 4) is 0 Å². The number of rotatable bonds is 4. The highest BCUT2D eigenvalue weighted by molar-refractivity contribution is 7.90. The Labute approximate surface area is 144 Å². The van der Waals surface area contributed by atoms with E-state index in [1.54, 1.807) is 31.2 Å². The summed E-state index contributed by atoms with van der Waals surface area (Å²) in [5.41, 5.74) is 0.891. The normalized spacial score (nSPS) is 14.8. The summed E-state index contributed by atoms with van der Waals surface area (Å²) in [5.74, 6) is -0.216. The molecule has 1 N–H and O–H groups in total. The van der Waals surface area contributed by atoms with Gasteiger partial charge in [0.1, 0.15) is 9.90 Å². The van der Waals surface area contributed by atoms with Gasteiger partial charge in [-0.2, -0.15) is 8.42 Å². The van der Waals surface area contributed by atoms with Gasteiger partial charge in [-0.05, 0) is 31.5 Å². The molecule has 0 fully saturated rings. The summed E-state index contributed by atoms with van der Waals surface area (Å²) in [5, 5.41) is 3.54. The molecule has 1 aliphatic rings. The first kappa shape index (κ1) is 16.7. The van der Waals surface area contributed by atoms with Crippen LogP contribution in [0.1, 0.15) is 34.6 Å². The Hall–Kier alpha value is -2.19. The molecule has 8 heteroatoms. The summed E-state index contributed by atoms with van der Waals surface area (Å²) in [7, 11) is -3.70. The van der Waals surface area contributed by atoms with Crippen molar-refractivity contribution >= 4 is 38.2 Å². The molecule has 2 aromatic rings. The zero-order chi connectivity index (χ0) is 17.3. The molecule has 1 aromatic heterocycles. The number of fused-ring (bicyclic) bond motifs is 1. The number of hydrogen-bond donors (Lipinski definition) is 1. The fourth-order valence-corrected chi connectivity index (χ4v) is 4.53. The largest absolute Gasteiger partial charge is 0.462 e. The van der Waals surface area contributed by atoms with Crippen LogP contribution in [0.25, 0.3) is 0 Å². The van der Waals surface area contributed by atoms with Crippen LogP contribution in [0.3, 0.4) is 0 Å². The van der Waals surface area contributed by atoms with Gasteiger partial charge in [-0.3, -0.25) is 0 Å². The molecule has 0 unspecified atom stereocenters. The highest BCUT2D eigenvalue weighted by atomic mass is 32.2. The second-order valence-corrected chi connectivity index (χ2v) is 7.77. The lowest BCUT2D eigenvalue weighted by Crippen LogP contribution is -2.13. The Kier molecular flexibility index (Phi) is 4.42. The summed E-state index contributed by atoms with van der Waals surface area (Å²) in [6, 6.07) is 8.36. The van der Waals surface area contributed by atoms with Gasteiger partial charge in [0.2, 0.25) is 0 Å². The number of benzene rings is 1. The van der Waals surface area contributed by atoms with Gasteiger partial charge in [0.25, 0.3) is 10.0 Å². The zero-order valence-corrected chi connectivity index (χ0v) is 14.8. The SMILES string of the molecule is CCOC(=O)c1cc(CC)sc1NC1=NS(=O)(=O)c2ccccc21. The number of sulfonamides is 1. The van der Waals surface area contributed by atoms with Gasteiger partial charge in [-0.25, -0.2) is 4.79 Å². The first-order chi connectivity index (χ1) is 11.5. The minimum Gasteiger partial charge on any atom is -0.462 e. The van der Waals surface area contributed by atoms with Crippen LogP contribution in [0.15, 0.2) is 39.6 Å².